The molecule has 2 aromatic heterocycles. The van der Waals surface area contributed by atoms with Crippen LogP contribution in [0.4, 0.5) is 5.82 Å². The quantitative estimate of drug-likeness (QED) is 0.814. The Balaban J connectivity index is 1.83. The first-order chi connectivity index (χ1) is 9.16. The Hall–Kier alpha value is -1.24. The maximum atomic E-state index is 9.82. The molecule has 0 aliphatic rings. The summed E-state index contributed by atoms with van der Waals surface area (Å²) in [5.41, 5.74) is 0.924. The molecule has 0 saturated carbocycles. The number of aromatic nitrogens is 2. The lowest BCUT2D eigenvalue weighted by Gasteiger charge is -2.14. The van der Waals surface area contributed by atoms with Gasteiger partial charge in [0.05, 0.1) is 22.9 Å². The Kier molecular flexibility index (Phi) is 5.07. The molecule has 0 radical (unpaired) electrons. The number of ether oxygens (including phenoxy) is 1. The van der Waals surface area contributed by atoms with Crippen molar-refractivity contribution in [2.45, 2.75) is 20.0 Å². The van der Waals surface area contributed by atoms with E-state index in [1.807, 2.05) is 11.4 Å². The lowest BCUT2D eigenvalue weighted by Crippen LogP contribution is -2.26. The lowest BCUT2D eigenvalue weighted by molar-refractivity contribution is 0.0317. The van der Waals surface area contributed by atoms with Gasteiger partial charge in [0.15, 0.2) is 0 Å². The number of hydrogen-bond acceptors (Lipinski definition) is 6. The third kappa shape index (κ3) is 4.12. The van der Waals surface area contributed by atoms with E-state index in [0.717, 1.165) is 16.0 Å². The zero-order valence-electron chi connectivity index (χ0n) is 11.2. The molecule has 0 amide bonds. The molecule has 0 aliphatic heterocycles. The van der Waals surface area contributed by atoms with Crippen LogP contribution in [-0.2, 0) is 4.74 Å². The minimum absolute atomic E-state index is 0.337. The van der Waals surface area contributed by atoms with Crippen molar-refractivity contribution in [1.29, 1.82) is 0 Å². The number of nitrogens with one attached hydrogen (secondary N) is 1. The van der Waals surface area contributed by atoms with Gasteiger partial charge in [0.25, 0.3) is 0 Å². The van der Waals surface area contributed by atoms with Crippen LogP contribution in [0.3, 0.4) is 0 Å². The van der Waals surface area contributed by atoms with Gasteiger partial charge in [0.2, 0.25) is 0 Å². The largest absolute Gasteiger partial charge is 0.389 e. The van der Waals surface area contributed by atoms with Crippen LogP contribution in [-0.4, -0.2) is 40.9 Å². The molecule has 0 saturated heterocycles. The molecular formula is C13H19N3O2S. The maximum absolute atomic E-state index is 9.82. The van der Waals surface area contributed by atoms with E-state index in [-0.39, 0.29) is 0 Å². The fourth-order valence-electron chi connectivity index (χ4n) is 1.63. The maximum Gasteiger partial charge on any atom is 0.147 e. The third-order valence-electron chi connectivity index (χ3n) is 2.51. The molecule has 2 aromatic rings. The Bertz CT molecular complexity index is 515. The van der Waals surface area contributed by atoms with E-state index in [2.05, 4.69) is 29.1 Å². The number of nitrogens with zero attached hydrogens (tertiary/aromatic N) is 2. The van der Waals surface area contributed by atoms with Crippen LogP contribution in [0.15, 0.2) is 17.8 Å². The highest BCUT2D eigenvalue weighted by molar-refractivity contribution is 7.17. The Morgan fingerprint density at radius 2 is 2.21 bits per heavy atom. The molecule has 0 aliphatic carbocycles. The highest BCUT2D eigenvalue weighted by Gasteiger charge is 2.08. The first kappa shape index (κ1) is 14.2. The third-order valence-corrected chi connectivity index (χ3v) is 3.42. The molecule has 6 heteroatoms. The number of rotatable bonds is 7. The molecule has 2 heterocycles. The summed E-state index contributed by atoms with van der Waals surface area (Å²) in [6.45, 7) is 5.59. The smallest absolute Gasteiger partial charge is 0.147 e. The Morgan fingerprint density at radius 3 is 3.00 bits per heavy atom. The van der Waals surface area contributed by atoms with Gasteiger partial charge in [-0.1, -0.05) is 13.8 Å². The van der Waals surface area contributed by atoms with Gasteiger partial charge in [-0.25, -0.2) is 9.97 Å². The SMILES string of the molecule is CC(C)COC[C@@H](O)CNc1ncnc2ccsc12. The molecule has 5 nitrogen and oxygen atoms in total. The second-order valence-electron chi connectivity index (χ2n) is 4.82. The molecule has 0 spiro atoms. The number of aliphatic hydroxyl groups excluding tert-OH is 1. The molecule has 0 bridgehead atoms. The second-order valence-corrected chi connectivity index (χ2v) is 5.74. The number of anilines is 1. The molecule has 0 fully saturated rings. The predicted molar refractivity (Wildman–Crippen MR) is 77.6 cm³/mol. The van der Waals surface area contributed by atoms with Crippen molar-refractivity contribution in [1.82, 2.24) is 9.97 Å². The monoisotopic (exact) mass is 281 g/mol. The van der Waals surface area contributed by atoms with Crippen molar-refractivity contribution < 1.29 is 9.84 Å². The number of fused-ring (bicyclic) bond motifs is 1. The van der Waals surface area contributed by atoms with Crippen LogP contribution >= 0.6 is 11.3 Å². The van der Waals surface area contributed by atoms with Crippen molar-refractivity contribution >= 4 is 27.4 Å². The normalized spacial score (nSPS) is 13.1. The van der Waals surface area contributed by atoms with Crippen LogP contribution in [0.1, 0.15) is 13.8 Å². The summed E-state index contributed by atoms with van der Waals surface area (Å²) in [5.74, 6) is 1.25. The minimum atomic E-state index is -0.538. The highest BCUT2D eigenvalue weighted by Crippen LogP contribution is 2.24. The molecule has 2 rings (SSSR count). The number of thiophene rings is 1. The first-order valence-corrected chi connectivity index (χ1v) is 7.22. The van der Waals surface area contributed by atoms with E-state index >= 15 is 0 Å². The summed E-state index contributed by atoms with van der Waals surface area (Å²) in [6, 6.07) is 1.95. The Labute approximate surface area is 116 Å². The van der Waals surface area contributed by atoms with Crippen LogP contribution in [0, 0.1) is 5.92 Å². The predicted octanol–water partition coefficient (Wildman–Crippen LogP) is 2.14. The van der Waals surface area contributed by atoms with Crippen molar-refractivity contribution in [3.63, 3.8) is 0 Å². The molecule has 19 heavy (non-hydrogen) atoms. The molecular weight excluding hydrogens is 262 g/mol. The zero-order chi connectivity index (χ0) is 13.7. The van der Waals surface area contributed by atoms with Gasteiger partial charge >= 0.3 is 0 Å². The molecule has 2 N–H and O–H groups in total. The van der Waals surface area contributed by atoms with Gasteiger partial charge in [-0.05, 0) is 17.4 Å². The summed E-state index contributed by atoms with van der Waals surface area (Å²) in [4.78, 5) is 8.37. The topological polar surface area (TPSA) is 67.3 Å². The van der Waals surface area contributed by atoms with Crippen molar-refractivity contribution in [2.24, 2.45) is 5.92 Å². The number of hydrogen-bond donors (Lipinski definition) is 2. The van der Waals surface area contributed by atoms with Crippen LogP contribution in [0.25, 0.3) is 10.2 Å². The average molecular weight is 281 g/mol. The summed E-state index contributed by atoms with van der Waals surface area (Å²) in [5, 5.41) is 14.9. The van der Waals surface area contributed by atoms with Crippen LogP contribution in [0.5, 0.6) is 0 Å². The minimum Gasteiger partial charge on any atom is -0.389 e. The van der Waals surface area contributed by atoms with Crippen molar-refractivity contribution in [3.8, 4) is 0 Å². The van der Waals surface area contributed by atoms with E-state index in [1.165, 1.54) is 6.33 Å². The second kappa shape index (κ2) is 6.79. The van der Waals surface area contributed by atoms with Crippen LogP contribution < -0.4 is 5.32 Å². The molecule has 1 atom stereocenters. The summed E-state index contributed by atoms with van der Waals surface area (Å²) < 4.78 is 6.41. The van der Waals surface area contributed by atoms with E-state index in [0.29, 0.717) is 25.7 Å². The van der Waals surface area contributed by atoms with Gasteiger partial charge in [-0.2, -0.15) is 0 Å². The number of aliphatic hydroxyl groups is 1. The average Bonchev–Trinajstić information content (AvgIpc) is 2.84. The Morgan fingerprint density at radius 1 is 1.37 bits per heavy atom. The van der Waals surface area contributed by atoms with Crippen LogP contribution in [0.2, 0.25) is 0 Å². The van der Waals surface area contributed by atoms with E-state index in [4.69, 9.17) is 4.74 Å². The molecule has 0 aromatic carbocycles. The summed E-state index contributed by atoms with van der Waals surface area (Å²) in [7, 11) is 0. The summed E-state index contributed by atoms with van der Waals surface area (Å²) >= 11 is 1.59. The fraction of sp³-hybridized carbons (Fsp3) is 0.538. The van der Waals surface area contributed by atoms with E-state index in [9.17, 15) is 5.11 Å². The molecule has 104 valence electrons. The van der Waals surface area contributed by atoms with Crippen molar-refractivity contribution in [2.75, 3.05) is 25.1 Å². The summed E-state index contributed by atoms with van der Waals surface area (Å²) in [6.07, 6.45) is 0.989. The van der Waals surface area contributed by atoms with Gasteiger partial charge in [0, 0.05) is 13.2 Å². The van der Waals surface area contributed by atoms with Crippen molar-refractivity contribution in [3.05, 3.63) is 17.8 Å². The van der Waals surface area contributed by atoms with Gasteiger partial charge < -0.3 is 15.2 Å². The van der Waals surface area contributed by atoms with E-state index < -0.39 is 6.10 Å². The van der Waals surface area contributed by atoms with Gasteiger partial charge in [-0.15, -0.1) is 11.3 Å². The standard InChI is InChI=1S/C13H19N3O2S/c1-9(2)6-18-7-10(17)5-14-13-12-11(3-4-19-12)15-8-16-13/h3-4,8-10,17H,5-7H2,1-2H3,(H,14,15,16)/t10-/m0/s1. The van der Waals surface area contributed by atoms with Gasteiger partial charge in [0.1, 0.15) is 12.1 Å². The van der Waals surface area contributed by atoms with E-state index in [1.54, 1.807) is 11.3 Å². The first-order valence-electron chi connectivity index (χ1n) is 6.34. The molecule has 0 unspecified atom stereocenters. The fourth-order valence-corrected chi connectivity index (χ4v) is 2.44. The lowest BCUT2D eigenvalue weighted by atomic mass is 10.2. The zero-order valence-corrected chi connectivity index (χ0v) is 12.0. The highest BCUT2D eigenvalue weighted by atomic mass is 32.1. The van der Waals surface area contributed by atoms with Gasteiger partial charge in [-0.3, -0.25) is 0 Å².